The predicted molar refractivity (Wildman–Crippen MR) is 103 cm³/mol. The molecule has 0 aliphatic carbocycles. The van der Waals surface area contributed by atoms with Gasteiger partial charge in [-0.05, 0) is 30.7 Å². The van der Waals surface area contributed by atoms with Crippen LogP contribution in [0.25, 0.3) is 0 Å². The zero-order valence-electron chi connectivity index (χ0n) is 16.8. The topological polar surface area (TPSA) is 76.6 Å². The molecule has 31 heavy (non-hydrogen) atoms. The molecule has 1 fully saturated rings. The molecule has 0 bridgehead atoms. The van der Waals surface area contributed by atoms with Gasteiger partial charge < -0.3 is 19.7 Å². The largest absolute Gasteiger partial charge is 0.483 e. The number of carbonyl (C=O) groups is 1. The van der Waals surface area contributed by atoms with Crippen LogP contribution in [0, 0.1) is 5.82 Å². The highest BCUT2D eigenvalue weighted by atomic mass is 19.4. The van der Waals surface area contributed by atoms with Crippen LogP contribution in [-0.2, 0) is 16.0 Å². The Bertz CT molecular complexity index is 887. The number of halogens is 4. The standard InChI is InChI=1S/C20H22F4N4O3/c1-13(17-3-2-15(11-25-17)31-12-20(22,23)24)27-18(29)9-14-8-16(21)19(26-10-14)28-4-6-30-7-5-28/h2-3,8,10-11,13H,4-7,9,12H2,1H3,(H,27,29)/t13-/m1/s1. The first-order chi connectivity index (χ1) is 14.7. The highest BCUT2D eigenvalue weighted by Gasteiger charge is 2.28. The Labute approximate surface area is 176 Å². The number of anilines is 1. The lowest BCUT2D eigenvalue weighted by Crippen LogP contribution is -2.37. The molecule has 0 radical (unpaired) electrons. The molecule has 0 spiro atoms. The van der Waals surface area contributed by atoms with E-state index >= 15 is 0 Å². The fourth-order valence-corrected chi connectivity index (χ4v) is 3.03. The van der Waals surface area contributed by atoms with Gasteiger partial charge in [0, 0.05) is 19.3 Å². The van der Waals surface area contributed by atoms with Gasteiger partial charge in [-0.3, -0.25) is 9.78 Å². The van der Waals surface area contributed by atoms with Crippen molar-refractivity contribution in [1.29, 1.82) is 0 Å². The van der Waals surface area contributed by atoms with Crippen molar-refractivity contribution in [2.24, 2.45) is 0 Å². The number of morpholine rings is 1. The van der Waals surface area contributed by atoms with Crippen LogP contribution in [0.5, 0.6) is 5.75 Å². The fourth-order valence-electron chi connectivity index (χ4n) is 3.03. The zero-order chi connectivity index (χ0) is 22.4. The van der Waals surface area contributed by atoms with Gasteiger partial charge in [0.2, 0.25) is 5.91 Å². The van der Waals surface area contributed by atoms with Crippen molar-refractivity contribution in [3.05, 3.63) is 47.7 Å². The van der Waals surface area contributed by atoms with Crippen molar-refractivity contribution in [3.8, 4) is 5.75 Å². The number of carbonyl (C=O) groups excluding carboxylic acids is 1. The Kier molecular flexibility index (Phi) is 7.26. The maximum Gasteiger partial charge on any atom is 0.422 e. The summed E-state index contributed by atoms with van der Waals surface area (Å²) in [6.45, 7) is 2.38. The quantitative estimate of drug-likeness (QED) is 0.665. The summed E-state index contributed by atoms with van der Waals surface area (Å²) in [5, 5.41) is 2.72. The van der Waals surface area contributed by atoms with E-state index in [4.69, 9.17) is 4.74 Å². The number of hydrogen-bond donors (Lipinski definition) is 1. The molecular weight excluding hydrogens is 420 g/mol. The van der Waals surface area contributed by atoms with E-state index in [1.807, 2.05) is 0 Å². The molecule has 1 amide bonds. The number of nitrogens with one attached hydrogen (secondary N) is 1. The van der Waals surface area contributed by atoms with Gasteiger partial charge in [0.05, 0.1) is 37.6 Å². The maximum absolute atomic E-state index is 14.4. The molecule has 7 nitrogen and oxygen atoms in total. The van der Waals surface area contributed by atoms with Gasteiger partial charge in [-0.25, -0.2) is 9.37 Å². The highest BCUT2D eigenvalue weighted by Crippen LogP contribution is 2.20. The van der Waals surface area contributed by atoms with Gasteiger partial charge in [-0.15, -0.1) is 0 Å². The first-order valence-electron chi connectivity index (χ1n) is 9.63. The van der Waals surface area contributed by atoms with Gasteiger partial charge >= 0.3 is 6.18 Å². The van der Waals surface area contributed by atoms with E-state index in [2.05, 4.69) is 20.0 Å². The summed E-state index contributed by atoms with van der Waals surface area (Å²) in [7, 11) is 0. The third-order valence-corrected chi connectivity index (χ3v) is 4.54. The minimum Gasteiger partial charge on any atom is -0.483 e. The summed E-state index contributed by atoms with van der Waals surface area (Å²) in [5.74, 6) is -0.664. The van der Waals surface area contributed by atoms with E-state index in [1.165, 1.54) is 24.4 Å². The number of rotatable bonds is 7. The SMILES string of the molecule is C[C@@H](NC(=O)Cc1cnc(N2CCOCC2)c(F)c1)c1ccc(OCC(F)(F)F)cn1. The van der Waals surface area contributed by atoms with Gasteiger partial charge in [0.1, 0.15) is 5.75 Å². The molecule has 2 aromatic rings. The second-order valence-corrected chi connectivity index (χ2v) is 7.04. The molecule has 1 aliphatic heterocycles. The molecule has 11 heteroatoms. The van der Waals surface area contributed by atoms with Crippen molar-refractivity contribution in [2.45, 2.75) is 25.6 Å². The van der Waals surface area contributed by atoms with Gasteiger partial charge in [-0.1, -0.05) is 0 Å². The van der Waals surface area contributed by atoms with Crippen molar-refractivity contribution < 1.29 is 31.8 Å². The Balaban J connectivity index is 1.53. The number of pyridine rings is 2. The number of aromatic nitrogens is 2. The van der Waals surface area contributed by atoms with Crippen LogP contribution in [0.2, 0.25) is 0 Å². The zero-order valence-corrected chi connectivity index (χ0v) is 16.8. The van der Waals surface area contributed by atoms with Crippen LogP contribution < -0.4 is 15.0 Å². The molecule has 1 saturated heterocycles. The predicted octanol–water partition coefficient (Wildman–Crippen LogP) is 2.81. The lowest BCUT2D eigenvalue weighted by atomic mass is 10.1. The van der Waals surface area contributed by atoms with E-state index < -0.39 is 24.6 Å². The molecule has 1 atom stereocenters. The van der Waals surface area contributed by atoms with Crippen LogP contribution in [-0.4, -0.2) is 55.0 Å². The number of ether oxygens (including phenoxy) is 2. The lowest BCUT2D eigenvalue weighted by Gasteiger charge is -2.28. The summed E-state index contributed by atoms with van der Waals surface area (Å²) in [6.07, 6.45) is -1.89. The van der Waals surface area contributed by atoms with E-state index in [0.29, 0.717) is 37.6 Å². The van der Waals surface area contributed by atoms with E-state index in [0.717, 1.165) is 6.20 Å². The van der Waals surface area contributed by atoms with E-state index in [1.54, 1.807) is 11.8 Å². The van der Waals surface area contributed by atoms with Gasteiger partial charge in [-0.2, -0.15) is 13.2 Å². The Morgan fingerprint density at radius 2 is 2.00 bits per heavy atom. The Morgan fingerprint density at radius 3 is 2.61 bits per heavy atom. The highest BCUT2D eigenvalue weighted by molar-refractivity contribution is 5.79. The first-order valence-corrected chi connectivity index (χ1v) is 9.63. The van der Waals surface area contributed by atoms with Crippen LogP contribution >= 0.6 is 0 Å². The maximum atomic E-state index is 14.4. The van der Waals surface area contributed by atoms with Crippen molar-refractivity contribution >= 4 is 11.7 Å². The third kappa shape index (κ3) is 6.78. The Hall–Kier alpha value is -2.95. The minimum atomic E-state index is -4.44. The van der Waals surface area contributed by atoms with Crippen LogP contribution in [0.3, 0.4) is 0 Å². The van der Waals surface area contributed by atoms with Crippen LogP contribution in [0.4, 0.5) is 23.4 Å². The molecule has 1 aliphatic rings. The Morgan fingerprint density at radius 1 is 1.26 bits per heavy atom. The summed E-state index contributed by atoms with van der Waals surface area (Å²) < 4.78 is 60.8. The molecule has 0 saturated carbocycles. The van der Waals surface area contributed by atoms with E-state index in [-0.39, 0.29) is 23.9 Å². The summed E-state index contributed by atoms with van der Waals surface area (Å²) in [5.41, 5.74) is 0.864. The molecule has 0 aromatic carbocycles. The summed E-state index contributed by atoms with van der Waals surface area (Å²) >= 11 is 0. The van der Waals surface area contributed by atoms with E-state index in [9.17, 15) is 22.4 Å². The second kappa shape index (κ2) is 9.90. The molecule has 1 N–H and O–H groups in total. The average Bonchev–Trinajstić information content (AvgIpc) is 2.73. The summed E-state index contributed by atoms with van der Waals surface area (Å²) in [6, 6.07) is 3.59. The smallest absolute Gasteiger partial charge is 0.422 e. The number of amides is 1. The summed E-state index contributed by atoms with van der Waals surface area (Å²) in [4.78, 5) is 22.3. The van der Waals surface area contributed by atoms with Gasteiger partial charge in [0.25, 0.3) is 0 Å². The molecule has 168 valence electrons. The van der Waals surface area contributed by atoms with Crippen molar-refractivity contribution in [3.63, 3.8) is 0 Å². The third-order valence-electron chi connectivity index (χ3n) is 4.54. The minimum absolute atomic E-state index is 0.0264. The molecule has 2 aromatic heterocycles. The molecule has 0 unspecified atom stereocenters. The fraction of sp³-hybridized carbons (Fsp3) is 0.450. The van der Waals surface area contributed by atoms with Crippen molar-refractivity contribution in [1.82, 2.24) is 15.3 Å². The lowest BCUT2D eigenvalue weighted by molar-refractivity contribution is -0.153. The first kappa shape index (κ1) is 22.7. The second-order valence-electron chi connectivity index (χ2n) is 7.04. The monoisotopic (exact) mass is 442 g/mol. The van der Waals surface area contributed by atoms with Crippen LogP contribution in [0.15, 0.2) is 30.6 Å². The molecule has 3 heterocycles. The number of hydrogen-bond acceptors (Lipinski definition) is 6. The van der Waals surface area contributed by atoms with Crippen molar-refractivity contribution in [2.75, 3.05) is 37.8 Å². The molecular formula is C20H22F4N4O3. The molecule has 3 rings (SSSR count). The number of alkyl halides is 3. The number of nitrogens with zero attached hydrogens (tertiary/aromatic N) is 3. The normalized spacial score (nSPS) is 15.5. The van der Waals surface area contributed by atoms with Gasteiger partial charge in [0.15, 0.2) is 18.2 Å². The average molecular weight is 442 g/mol. The van der Waals surface area contributed by atoms with Crippen LogP contribution in [0.1, 0.15) is 24.2 Å².